The van der Waals surface area contributed by atoms with Crippen LogP contribution in [0.3, 0.4) is 0 Å². The zero-order valence-electron chi connectivity index (χ0n) is 9.22. The number of nitrogens with two attached hydrogens (primary N) is 1. The maximum Gasteiger partial charge on any atom is 0.234 e. The molecule has 16 heavy (non-hydrogen) atoms. The van der Waals surface area contributed by atoms with Gasteiger partial charge in [0.15, 0.2) is 5.82 Å². The van der Waals surface area contributed by atoms with E-state index in [1.165, 1.54) is 6.42 Å². The average molecular weight is 257 g/mol. The SMILES string of the molecule is CCCSCc1nnc2sc(CCN)nn12. The van der Waals surface area contributed by atoms with Gasteiger partial charge in [-0.05, 0) is 18.7 Å². The van der Waals surface area contributed by atoms with E-state index in [1.54, 1.807) is 11.3 Å². The zero-order chi connectivity index (χ0) is 11.4. The second kappa shape index (κ2) is 5.60. The first-order chi connectivity index (χ1) is 7.85. The summed E-state index contributed by atoms with van der Waals surface area (Å²) in [5.41, 5.74) is 5.50. The van der Waals surface area contributed by atoms with Gasteiger partial charge in [-0.2, -0.15) is 21.4 Å². The summed E-state index contributed by atoms with van der Waals surface area (Å²) < 4.78 is 1.85. The van der Waals surface area contributed by atoms with Crippen molar-refractivity contribution in [2.24, 2.45) is 5.73 Å². The van der Waals surface area contributed by atoms with Gasteiger partial charge in [-0.3, -0.25) is 0 Å². The molecule has 0 saturated carbocycles. The van der Waals surface area contributed by atoms with Crippen LogP contribution in [0.2, 0.25) is 0 Å². The lowest BCUT2D eigenvalue weighted by molar-refractivity contribution is 0.832. The third-order valence-electron chi connectivity index (χ3n) is 2.04. The van der Waals surface area contributed by atoms with Gasteiger partial charge in [0.1, 0.15) is 5.01 Å². The van der Waals surface area contributed by atoms with Crippen LogP contribution in [0, 0.1) is 0 Å². The van der Waals surface area contributed by atoms with Gasteiger partial charge in [-0.25, -0.2) is 0 Å². The lowest BCUT2D eigenvalue weighted by Gasteiger charge is -1.95. The largest absolute Gasteiger partial charge is 0.330 e. The van der Waals surface area contributed by atoms with Gasteiger partial charge in [0.2, 0.25) is 4.96 Å². The van der Waals surface area contributed by atoms with Gasteiger partial charge in [0, 0.05) is 6.42 Å². The molecule has 0 radical (unpaired) electrons. The minimum Gasteiger partial charge on any atom is -0.330 e. The molecule has 2 heterocycles. The van der Waals surface area contributed by atoms with E-state index in [2.05, 4.69) is 22.2 Å². The molecule has 0 saturated heterocycles. The van der Waals surface area contributed by atoms with Crippen LogP contribution >= 0.6 is 23.1 Å². The Bertz CT molecular complexity index is 450. The molecule has 0 spiro atoms. The second-order valence-electron chi connectivity index (χ2n) is 3.40. The third-order valence-corrected chi connectivity index (χ3v) is 4.15. The Balaban J connectivity index is 2.12. The van der Waals surface area contributed by atoms with E-state index in [-0.39, 0.29) is 0 Å². The van der Waals surface area contributed by atoms with Crippen LogP contribution in [0.5, 0.6) is 0 Å². The highest BCUT2D eigenvalue weighted by Gasteiger charge is 2.10. The number of nitrogens with zero attached hydrogens (tertiary/aromatic N) is 4. The molecular formula is C9H15N5S2. The first kappa shape index (κ1) is 11.8. The normalized spacial score (nSPS) is 11.4. The molecule has 7 heteroatoms. The molecule has 0 aliphatic heterocycles. The van der Waals surface area contributed by atoms with Crippen LogP contribution in [0.15, 0.2) is 0 Å². The summed E-state index contributed by atoms with van der Waals surface area (Å²) in [6.45, 7) is 2.80. The van der Waals surface area contributed by atoms with Gasteiger partial charge in [0.25, 0.3) is 0 Å². The predicted molar refractivity (Wildman–Crippen MR) is 67.9 cm³/mol. The highest BCUT2D eigenvalue weighted by atomic mass is 32.2. The molecule has 2 rings (SSSR count). The number of aromatic nitrogens is 4. The molecule has 0 aliphatic carbocycles. The Morgan fingerprint density at radius 1 is 1.44 bits per heavy atom. The van der Waals surface area contributed by atoms with E-state index in [4.69, 9.17) is 5.73 Å². The highest BCUT2D eigenvalue weighted by Crippen LogP contribution is 2.17. The molecule has 2 aromatic heterocycles. The molecule has 0 amide bonds. The number of hydrogen-bond donors (Lipinski definition) is 1. The lowest BCUT2D eigenvalue weighted by Crippen LogP contribution is -2.03. The summed E-state index contributed by atoms with van der Waals surface area (Å²) in [5, 5.41) is 13.7. The Kier molecular flexibility index (Phi) is 4.14. The zero-order valence-corrected chi connectivity index (χ0v) is 10.9. The van der Waals surface area contributed by atoms with Gasteiger partial charge in [-0.15, -0.1) is 10.2 Å². The van der Waals surface area contributed by atoms with Crippen molar-refractivity contribution in [1.29, 1.82) is 0 Å². The van der Waals surface area contributed by atoms with Gasteiger partial charge in [-0.1, -0.05) is 18.3 Å². The van der Waals surface area contributed by atoms with E-state index < -0.39 is 0 Å². The maximum atomic E-state index is 5.50. The fourth-order valence-electron chi connectivity index (χ4n) is 1.32. The van der Waals surface area contributed by atoms with Crippen molar-refractivity contribution < 1.29 is 0 Å². The summed E-state index contributed by atoms with van der Waals surface area (Å²) in [7, 11) is 0. The molecule has 0 atom stereocenters. The Morgan fingerprint density at radius 2 is 2.31 bits per heavy atom. The van der Waals surface area contributed by atoms with E-state index in [1.807, 2.05) is 16.3 Å². The molecule has 0 aliphatic rings. The monoisotopic (exact) mass is 257 g/mol. The van der Waals surface area contributed by atoms with Crippen molar-refractivity contribution >= 4 is 28.1 Å². The quantitative estimate of drug-likeness (QED) is 0.791. The Labute approximate surface area is 102 Å². The average Bonchev–Trinajstić information content (AvgIpc) is 2.80. The van der Waals surface area contributed by atoms with Crippen LogP contribution in [0.4, 0.5) is 0 Å². The Morgan fingerprint density at radius 3 is 3.06 bits per heavy atom. The first-order valence-corrected chi connectivity index (χ1v) is 7.30. The topological polar surface area (TPSA) is 69.1 Å². The smallest absolute Gasteiger partial charge is 0.234 e. The minimum atomic E-state index is 0.629. The first-order valence-electron chi connectivity index (χ1n) is 5.33. The van der Waals surface area contributed by atoms with Crippen LogP contribution < -0.4 is 5.73 Å². The summed E-state index contributed by atoms with van der Waals surface area (Å²) in [6.07, 6.45) is 2.00. The second-order valence-corrected chi connectivity index (χ2v) is 5.54. The van der Waals surface area contributed by atoms with E-state index in [0.717, 1.165) is 33.7 Å². The highest BCUT2D eigenvalue weighted by molar-refractivity contribution is 7.98. The fraction of sp³-hybridized carbons (Fsp3) is 0.667. The maximum absolute atomic E-state index is 5.50. The van der Waals surface area contributed by atoms with Crippen molar-refractivity contribution in [3.63, 3.8) is 0 Å². The van der Waals surface area contributed by atoms with Gasteiger partial charge >= 0.3 is 0 Å². The van der Waals surface area contributed by atoms with Crippen molar-refractivity contribution in [1.82, 2.24) is 19.8 Å². The molecule has 2 aromatic rings. The standard InChI is InChI=1S/C9H15N5S2/c1-2-5-15-6-7-11-12-9-14(7)13-8(16-9)3-4-10/h2-6,10H2,1H3. The Hall–Kier alpha value is -0.660. The van der Waals surface area contributed by atoms with Crippen molar-refractivity contribution in [3.05, 3.63) is 10.8 Å². The number of fused-ring (bicyclic) bond motifs is 1. The van der Waals surface area contributed by atoms with Gasteiger partial charge < -0.3 is 5.73 Å². The molecule has 0 fully saturated rings. The summed E-state index contributed by atoms with van der Waals surface area (Å²) in [4.78, 5) is 0.871. The predicted octanol–water partition coefficient (Wildman–Crippen LogP) is 1.33. The molecule has 2 N–H and O–H groups in total. The summed E-state index contributed by atoms with van der Waals surface area (Å²) in [5.74, 6) is 2.96. The lowest BCUT2D eigenvalue weighted by atomic mass is 10.5. The molecule has 0 bridgehead atoms. The molecule has 5 nitrogen and oxygen atoms in total. The molecular weight excluding hydrogens is 242 g/mol. The van der Waals surface area contributed by atoms with Gasteiger partial charge in [0.05, 0.1) is 5.75 Å². The number of hydrogen-bond acceptors (Lipinski definition) is 6. The van der Waals surface area contributed by atoms with Crippen LogP contribution in [0.1, 0.15) is 24.2 Å². The third kappa shape index (κ3) is 2.53. The van der Waals surface area contributed by atoms with Crippen LogP contribution in [-0.4, -0.2) is 32.1 Å². The summed E-state index contributed by atoms with van der Waals surface area (Å²) in [6, 6.07) is 0. The molecule has 0 aromatic carbocycles. The van der Waals surface area contributed by atoms with Crippen molar-refractivity contribution in [3.8, 4) is 0 Å². The van der Waals surface area contributed by atoms with E-state index in [9.17, 15) is 0 Å². The number of thioether (sulfide) groups is 1. The molecule has 88 valence electrons. The minimum absolute atomic E-state index is 0.629. The van der Waals surface area contributed by atoms with E-state index >= 15 is 0 Å². The van der Waals surface area contributed by atoms with Crippen LogP contribution in [0.25, 0.3) is 4.96 Å². The van der Waals surface area contributed by atoms with E-state index in [0.29, 0.717) is 6.54 Å². The summed E-state index contributed by atoms with van der Waals surface area (Å²) >= 11 is 3.44. The fourth-order valence-corrected chi connectivity index (χ4v) is 2.98. The number of rotatable bonds is 6. The van der Waals surface area contributed by atoms with Crippen molar-refractivity contribution in [2.45, 2.75) is 25.5 Å². The molecule has 0 unspecified atom stereocenters. The van der Waals surface area contributed by atoms with Crippen molar-refractivity contribution in [2.75, 3.05) is 12.3 Å². The van der Waals surface area contributed by atoms with Crippen LogP contribution in [-0.2, 0) is 12.2 Å².